The Balaban J connectivity index is 1.85. The molecule has 0 unspecified atom stereocenters. The van der Waals surface area contributed by atoms with Crippen molar-refractivity contribution >= 4 is 17.1 Å². The largest absolute Gasteiger partial charge is 0.387 e. The monoisotopic (exact) mass is 278 g/mol. The molecule has 0 aliphatic heterocycles. The third-order valence-corrected chi connectivity index (χ3v) is 4.49. The van der Waals surface area contributed by atoms with E-state index in [9.17, 15) is 5.11 Å². The van der Waals surface area contributed by atoms with Crippen LogP contribution in [0.2, 0.25) is 5.02 Å². The highest BCUT2D eigenvalue weighted by Crippen LogP contribution is 2.34. The average molecular weight is 279 g/mol. The van der Waals surface area contributed by atoms with Crippen LogP contribution in [-0.2, 0) is 0 Å². The Hall–Kier alpha value is -1.06. The normalized spacial score (nSPS) is 18.8. The number of aliphatic hydroxyl groups is 1. The zero-order valence-electron chi connectivity index (χ0n) is 10.9. The van der Waals surface area contributed by atoms with Gasteiger partial charge in [-0.1, -0.05) is 43.7 Å². The molecule has 1 atom stereocenters. The molecule has 1 N–H and O–H groups in total. The number of hydrogen-bond donors (Lipinski definition) is 1. The lowest BCUT2D eigenvalue weighted by atomic mass is 9.85. The minimum absolute atomic E-state index is 0.506. The van der Waals surface area contributed by atoms with E-state index >= 15 is 0 Å². The molecule has 0 spiro atoms. The zero-order chi connectivity index (χ0) is 13.2. The fourth-order valence-electron chi connectivity index (χ4n) is 3.16. The average Bonchev–Trinajstić information content (AvgIpc) is 2.87. The maximum absolute atomic E-state index is 10.5. The van der Waals surface area contributed by atoms with E-state index in [1.165, 1.54) is 32.1 Å². The number of rotatable bonds is 3. The van der Waals surface area contributed by atoms with Gasteiger partial charge in [0.2, 0.25) is 0 Å². The van der Waals surface area contributed by atoms with Gasteiger partial charge in [-0.05, 0) is 24.5 Å². The molecule has 2 aromatic heterocycles. The molecule has 1 fully saturated rings. The molecule has 3 nitrogen and oxygen atoms in total. The molecule has 2 aromatic rings. The van der Waals surface area contributed by atoms with Crippen molar-refractivity contribution in [2.75, 3.05) is 0 Å². The van der Waals surface area contributed by atoms with Gasteiger partial charge in [-0.25, -0.2) is 4.98 Å². The Morgan fingerprint density at radius 1 is 1.32 bits per heavy atom. The maximum atomic E-state index is 10.5. The summed E-state index contributed by atoms with van der Waals surface area (Å²) in [5, 5.41) is 11.2. The number of imidazole rings is 1. The topological polar surface area (TPSA) is 37.5 Å². The van der Waals surface area contributed by atoms with Gasteiger partial charge in [0.25, 0.3) is 0 Å². The van der Waals surface area contributed by atoms with Crippen molar-refractivity contribution in [3.63, 3.8) is 0 Å². The second-order valence-electron chi connectivity index (χ2n) is 5.51. The summed E-state index contributed by atoms with van der Waals surface area (Å²) < 4.78 is 1.90. The summed E-state index contributed by atoms with van der Waals surface area (Å²) in [5.74, 6) is 0.624. The number of aromatic nitrogens is 2. The molecular weight excluding hydrogens is 260 g/mol. The van der Waals surface area contributed by atoms with Crippen molar-refractivity contribution in [2.45, 2.75) is 44.6 Å². The van der Waals surface area contributed by atoms with Crippen LogP contribution in [-0.4, -0.2) is 14.5 Å². The van der Waals surface area contributed by atoms with Gasteiger partial charge in [-0.2, -0.15) is 0 Å². The minimum Gasteiger partial charge on any atom is -0.387 e. The number of fused-ring (bicyclic) bond motifs is 1. The van der Waals surface area contributed by atoms with Crippen LogP contribution >= 0.6 is 11.6 Å². The molecular formula is C15H19ClN2O. The summed E-state index contributed by atoms with van der Waals surface area (Å²) in [6.45, 7) is 0. The van der Waals surface area contributed by atoms with Gasteiger partial charge in [-0.3, -0.25) is 4.40 Å². The molecule has 0 radical (unpaired) electrons. The van der Waals surface area contributed by atoms with E-state index in [0.29, 0.717) is 10.9 Å². The van der Waals surface area contributed by atoms with Crippen molar-refractivity contribution in [3.05, 3.63) is 35.4 Å². The SMILES string of the molecule is O[C@@H](CC1CCCCC1)c1c(Cl)ccc2cncn12. The van der Waals surface area contributed by atoms with Gasteiger partial charge in [0.1, 0.15) is 0 Å². The van der Waals surface area contributed by atoms with E-state index in [4.69, 9.17) is 11.6 Å². The van der Waals surface area contributed by atoms with Crippen molar-refractivity contribution in [1.29, 1.82) is 0 Å². The standard InChI is InChI=1S/C15H19ClN2O/c16-13-7-6-12-9-17-10-18(12)15(13)14(19)8-11-4-2-1-3-5-11/h6-7,9-11,14,19H,1-5,8H2/t14-/m0/s1. The third kappa shape index (κ3) is 2.63. The predicted molar refractivity (Wildman–Crippen MR) is 76.4 cm³/mol. The van der Waals surface area contributed by atoms with Crippen LogP contribution in [0.5, 0.6) is 0 Å². The highest BCUT2D eigenvalue weighted by Gasteiger charge is 2.22. The van der Waals surface area contributed by atoms with Crippen LogP contribution in [0.1, 0.15) is 50.3 Å². The van der Waals surface area contributed by atoms with Crippen molar-refractivity contribution in [2.24, 2.45) is 5.92 Å². The van der Waals surface area contributed by atoms with Crippen molar-refractivity contribution in [3.8, 4) is 0 Å². The van der Waals surface area contributed by atoms with E-state index in [2.05, 4.69) is 4.98 Å². The molecule has 102 valence electrons. The molecule has 3 rings (SSSR count). The Kier molecular flexibility index (Phi) is 3.76. The first-order valence-corrected chi connectivity index (χ1v) is 7.42. The number of hydrogen-bond acceptors (Lipinski definition) is 2. The molecule has 1 saturated carbocycles. The van der Waals surface area contributed by atoms with Crippen LogP contribution in [0.4, 0.5) is 0 Å². The molecule has 19 heavy (non-hydrogen) atoms. The summed E-state index contributed by atoms with van der Waals surface area (Å²) in [6, 6.07) is 3.77. The van der Waals surface area contributed by atoms with E-state index in [-0.39, 0.29) is 0 Å². The molecule has 0 aromatic carbocycles. The number of halogens is 1. The molecule has 0 amide bonds. The van der Waals surface area contributed by atoms with Crippen LogP contribution < -0.4 is 0 Å². The number of aliphatic hydroxyl groups excluding tert-OH is 1. The summed E-state index contributed by atoms with van der Waals surface area (Å²) in [7, 11) is 0. The molecule has 1 aliphatic carbocycles. The third-order valence-electron chi connectivity index (χ3n) is 4.17. The van der Waals surface area contributed by atoms with Gasteiger partial charge in [-0.15, -0.1) is 0 Å². The van der Waals surface area contributed by atoms with Gasteiger partial charge < -0.3 is 5.11 Å². The van der Waals surface area contributed by atoms with Gasteiger partial charge in [0, 0.05) is 0 Å². The first kappa shape index (κ1) is 12.9. The Labute approximate surface area is 118 Å². The highest BCUT2D eigenvalue weighted by atomic mass is 35.5. The highest BCUT2D eigenvalue weighted by molar-refractivity contribution is 6.31. The lowest BCUT2D eigenvalue weighted by Gasteiger charge is -2.25. The Bertz CT molecular complexity index is 560. The fraction of sp³-hybridized carbons (Fsp3) is 0.533. The quantitative estimate of drug-likeness (QED) is 0.922. The van der Waals surface area contributed by atoms with Crippen LogP contribution in [0.15, 0.2) is 24.7 Å². The summed E-state index contributed by atoms with van der Waals surface area (Å²) in [4.78, 5) is 4.13. The first-order valence-electron chi connectivity index (χ1n) is 7.04. The second-order valence-corrected chi connectivity index (χ2v) is 5.92. The van der Waals surface area contributed by atoms with Gasteiger partial charge >= 0.3 is 0 Å². The first-order chi connectivity index (χ1) is 9.25. The van der Waals surface area contributed by atoms with Gasteiger partial charge in [0.05, 0.1) is 34.9 Å². The molecule has 2 heterocycles. The molecule has 4 heteroatoms. The predicted octanol–water partition coefficient (Wildman–Crippen LogP) is 3.99. The smallest absolute Gasteiger partial charge is 0.0995 e. The van der Waals surface area contributed by atoms with Gasteiger partial charge in [0.15, 0.2) is 0 Å². The summed E-state index contributed by atoms with van der Waals surface area (Å²) in [5.41, 5.74) is 1.75. The van der Waals surface area contributed by atoms with Crippen molar-refractivity contribution in [1.82, 2.24) is 9.38 Å². The van der Waals surface area contributed by atoms with E-state index in [1.54, 1.807) is 12.5 Å². The van der Waals surface area contributed by atoms with Crippen LogP contribution in [0, 0.1) is 5.92 Å². The Morgan fingerprint density at radius 2 is 2.11 bits per heavy atom. The summed E-state index contributed by atoms with van der Waals surface area (Å²) in [6.07, 6.45) is 10.2. The van der Waals surface area contributed by atoms with Crippen molar-refractivity contribution < 1.29 is 5.11 Å². The minimum atomic E-state index is -0.506. The lowest BCUT2D eigenvalue weighted by Crippen LogP contribution is -2.13. The van der Waals surface area contributed by atoms with E-state index in [0.717, 1.165) is 17.6 Å². The molecule has 1 aliphatic rings. The van der Waals surface area contributed by atoms with E-state index in [1.807, 2.05) is 16.5 Å². The summed E-state index contributed by atoms with van der Waals surface area (Å²) >= 11 is 6.26. The fourth-order valence-corrected chi connectivity index (χ4v) is 3.44. The van der Waals surface area contributed by atoms with Crippen LogP contribution in [0.3, 0.4) is 0 Å². The maximum Gasteiger partial charge on any atom is 0.0995 e. The van der Waals surface area contributed by atoms with E-state index < -0.39 is 6.10 Å². The number of nitrogens with zero attached hydrogens (tertiary/aromatic N) is 2. The van der Waals surface area contributed by atoms with Crippen LogP contribution in [0.25, 0.3) is 5.52 Å². The molecule has 0 bridgehead atoms. The number of pyridine rings is 1. The second kappa shape index (κ2) is 5.51. The molecule has 0 saturated heterocycles. The lowest BCUT2D eigenvalue weighted by molar-refractivity contribution is 0.126. The zero-order valence-corrected chi connectivity index (χ0v) is 11.7. The Morgan fingerprint density at radius 3 is 2.89 bits per heavy atom.